The summed E-state index contributed by atoms with van der Waals surface area (Å²) >= 11 is 0. The maximum atomic E-state index is 13.2. The highest BCUT2D eigenvalue weighted by Gasteiger charge is 2.52. The lowest BCUT2D eigenvalue weighted by Gasteiger charge is -2.38. The van der Waals surface area contributed by atoms with Crippen LogP contribution in [0, 0.1) is 0 Å². The maximum Gasteiger partial charge on any atom is 0.322 e. The van der Waals surface area contributed by atoms with Gasteiger partial charge in [0.2, 0.25) is 0 Å². The molecule has 0 aliphatic carbocycles. The van der Waals surface area contributed by atoms with E-state index in [0.29, 0.717) is 32.2 Å². The minimum Gasteiger partial charge on any atom is -0.298 e. The molecule has 0 spiro atoms. The van der Waals surface area contributed by atoms with Gasteiger partial charge in [-0.05, 0) is 13.8 Å². The van der Waals surface area contributed by atoms with E-state index < -0.39 is 18.4 Å². The smallest absolute Gasteiger partial charge is 0.298 e. The molecule has 1 aliphatic rings. The predicted molar refractivity (Wildman–Crippen MR) is 58.7 cm³/mol. The van der Waals surface area contributed by atoms with Gasteiger partial charge in [0.1, 0.15) is 0 Å². The average Bonchev–Trinajstić information content (AvgIpc) is 2.16. The summed E-state index contributed by atoms with van der Waals surface area (Å²) in [4.78, 5) is 3.56. The average molecular weight is 256 g/mol. The summed E-state index contributed by atoms with van der Waals surface area (Å²) < 4.78 is 51.7. The molecule has 0 bridgehead atoms. The van der Waals surface area contributed by atoms with Crippen LogP contribution in [0.25, 0.3) is 0 Å². The van der Waals surface area contributed by atoms with E-state index in [2.05, 4.69) is 4.90 Å². The SMILES string of the molecule is CC(C)N1CCN(CC(F)(F)C(C)(F)F)CC1. The molecule has 0 aromatic heterocycles. The van der Waals surface area contributed by atoms with Crippen molar-refractivity contribution in [2.24, 2.45) is 0 Å². The number of halogens is 4. The lowest BCUT2D eigenvalue weighted by Crippen LogP contribution is -2.54. The molecule has 0 atom stereocenters. The molecule has 6 heteroatoms. The molecule has 0 unspecified atom stereocenters. The van der Waals surface area contributed by atoms with Crippen molar-refractivity contribution >= 4 is 0 Å². The Kier molecular flexibility index (Phi) is 4.41. The van der Waals surface area contributed by atoms with Gasteiger partial charge in [0, 0.05) is 39.1 Å². The third kappa shape index (κ3) is 3.81. The molecule has 1 fully saturated rings. The first kappa shape index (κ1) is 14.7. The normalized spacial score (nSPS) is 21.2. The Labute approximate surface area is 99.6 Å². The van der Waals surface area contributed by atoms with Gasteiger partial charge in [0.15, 0.2) is 0 Å². The maximum absolute atomic E-state index is 13.2. The first-order valence-electron chi connectivity index (χ1n) is 5.85. The summed E-state index contributed by atoms with van der Waals surface area (Å²) in [5.41, 5.74) is 0. The lowest BCUT2D eigenvalue weighted by molar-refractivity contribution is -0.207. The molecule has 1 aliphatic heterocycles. The number of nitrogens with zero attached hydrogens (tertiary/aromatic N) is 2. The lowest BCUT2D eigenvalue weighted by atomic mass is 10.1. The standard InChI is InChI=1S/C11H20F4N2/c1-9(2)17-6-4-16(5-7-17)8-11(14,15)10(3,12)13/h9H,4-8H2,1-3H3. The monoisotopic (exact) mass is 256 g/mol. The van der Waals surface area contributed by atoms with E-state index in [1.165, 1.54) is 4.90 Å². The molecule has 0 saturated carbocycles. The van der Waals surface area contributed by atoms with E-state index >= 15 is 0 Å². The van der Waals surface area contributed by atoms with Crippen LogP contribution < -0.4 is 0 Å². The number of alkyl halides is 4. The van der Waals surface area contributed by atoms with E-state index in [1.54, 1.807) is 0 Å². The molecule has 0 aromatic rings. The fourth-order valence-electron chi connectivity index (χ4n) is 1.86. The molecule has 0 radical (unpaired) electrons. The number of piperazine rings is 1. The highest BCUT2D eigenvalue weighted by molar-refractivity contribution is 4.86. The molecule has 0 N–H and O–H groups in total. The largest absolute Gasteiger partial charge is 0.322 e. The number of hydrogen-bond acceptors (Lipinski definition) is 2. The Bertz CT molecular complexity index is 242. The van der Waals surface area contributed by atoms with Crippen molar-refractivity contribution in [1.82, 2.24) is 9.80 Å². The van der Waals surface area contributed by atoms with Gasteiger partial charge in [-0.2, -0.15) is 8.78 Å². The zero-order chi connectivity index (χ0) is 13.3. The van der Waals surface area contributed by atoms with Gasteiger partial charge in [-0.3, -0.25) is 9.80 Å². The van der Waals surface area contributed by atoms with Crippen molar-refractivity contribution in [3.63, 3.8) is 0 Å². The second-order valence-electron chi connectivity index (χ2n) is 5.00. The summed E-state index contributed by atoms with van der Waals surface area (Å²) in [6.07, 6.45) is 0. The van der Waals surface area contributed by atoms with Crippen molar-refractivity contribution < 1.29 is 17.6 Å². The topological polar surface area (TPSA) is 6.48 Å². The summed E-state index contributed by atoms with van der Waals surface area (Å²) in [6, 6.07) is 0.366. The summed E-state index contributed by atoms with van der Waals surface area (Å²) in [5, 5.41) is 0. The first-order chi connectivity index (χ1) is 7.63. The second-order valence-corrected chi connectivity index (χ2v) is 5.00. The van der Waals surface area contributed by atoms with Crippen molar-refractivity contribution in [1.29, 1.82) is 0 Å². The van der Waals surface area contributed by atoms with Crippen LogP contribution in [0.5, 0.6) is 0 Å². The van der Waals surface area contributed by atoms with Crippen LogP contribution in [0.4, 0.5) is 17.6 Å². The molecule has 1 saturated heterocycles. The summed E-state index contributed by atoms with van der Waals surface area (Å²) in [7, 11) is 0. The van der Waals surface area contributed by atoms with Crippen molar-refractivity contribution in [3.05, 3.63) is 0 Å². The predicted octanol–water partition coefficient (Wildman–Crippen LogP) is 2.30. The minimum absolute atomic E-state index is 0.275. The summed E-state index contributed by atoms with van der Waals surface area (Å²) in [5.74, 6) is -7.91. The van der Waals surface area contributed by atoms with Crippen LogP contribution in [0.15, 0.2) is 0 Å². The van der Waals surface area contributed by atoms with Crippen LogP contribution >= 0.6 is 0 Å². The van der Waals surface area contributed by atoms with E-state index in [0.717, 1.165) is 0 Å². The zero-order valence-corrected chi connectivity index (χ0v) is 10.5. The Morgan fingerprint density at radius 2 is 1.47 bits per heavy atom. The van der Waals surface area contributed by atoms with Crippen LogP contribution in [-0.2, 0) is 0 Å². The second kappa shape index (κ2) is 5.10. The first-order valence-corrected chi connectivity index (χ1v) is 5.85. The molecule has 0 amide bonds. The molecule has 1 rings (SSSR count). The molecular weight excluding hydrogens is 236 g/mol. The Morgan fingerprint density at radius 3 is 1.82 bits per heavy atom. The van der Waals surface area contributed by atoms with Crippen LogP contribution in [0.2, 0.25) is 0 Å². The fourth-order valence-corrected chi connectivity index (χ4v) is 1.86. The highest BCUT2D eigenvalue weighted by Crippen LogP contribution is 2.34. The number of rotatable bonds is 4. The summed E-state index contributed by atoms with van der Waals surface area (Å²) in [6.45, 7) is 5.63. The molecule has 2 nitrogen and oxygen atoms in total. The molecule has 0 aromatic carbocycles. The van der Waals surface area contributed by atoms with E-state index in [9.17, 15) is 17.6 Å². The highest BCUT2D eigenvalue weighted by atomic mass is 19.3. The number of hydrogen-bond donors (Lipinski definition) is 0. The quantitative estimate of drug-likeness (QED) is 0.712. The van der Waals surface area contributed by atoms with Gasteiger partial charge < -0.3 is 0 Å². The van der Waals surface area contributed by atoms with Crippen molar-refractivity contribution in [2.45, 2.75) is 38.7 Å². The van der Waals surface area contributed by atoms with Gasteiger partial charge in [-0.15, -0.1) is 0 Å². The van der Waals surface area contributed by atoms with Crippen LogP contribution in [0.3, 0.4) is 0 Å². The van der Waals surface area contributed by atoms with Gasteiger partial charge >= 0.3 is 11.8 Å². The van der Waals surface area contributed by atoms with Gasteiger partial charge in [0.25, 0.3) is 0 Å². The van der Waals surface area contributed by atoms with E-state index in [1.807, 2.05) is 13.8 Å². The molecule has 1 heterocycles. The van der Waals surface area contributed by atoms with Gasteiger partial charge in [-0.25, -0.2) is 8.78 Å². The van der Waals surface area contributed by atoms with Crippen LogP contribution in [-0.4, -0.2) is 60.4 Å². The zero-order valence-electron chi connectivity index (χ0n) is 10.5. The third-order valence-corrected chi connectivity index (χ3v) is 3.20. The Balaban J connectivity index is 2.46. The molecular formula is C11H20F4N2. The van der Waals surface area contributed by atoms with Gasteiger partial charge in [0.05, 0.1) is 6.54 Å². The van der Waals surface area contributed by atoms with Crippen molar-refractivity contribution in [3.8, 4) is 0 Å². The molecule has 17 heavy (non-hydrogen) atoms. The van der Waals surface area contributed by atoms with E-state index in [4.69, 9.17) is 0 Å². The van der Waals surface area contributed by atoms with E-state index in [-0.39, 0.29) is 6.92 Å². The van der Waals surface area contributed by atoms with Gasteiger partial charge in [-0.1, -0.05) is 0 Å². The minimum atomic E-state index is -3.96. The van der Waals surface area contributed by atoms with Crippen LogP contribution in [0.1, 0.15) is 20.8 Å². The Morgan fingerprint density at radius 1 is 1.00 bits per heavy atom. The fraction of sp³-hybridized carbons (Fsp3) is 1.00. The third-order valence-electron chi connectivity index (χ3n) is 3.20. The molecule has 102 valence electrons. The Hall–Kier alpha value is -0.360. The van der Waals surface area contributed by atoms with Crippen molar-refractivity contribution in [2.75, 3.05) is 32.7 Å².